The van der Waals surface area contributed by atoms with Gasteiger partial charge >= 0.3 is 0 Å². The van der Waals surface area contributed by atoms with E-state index in [-0.39, 0.29) is 24.0 Å². The number of likely N-dealkylation sites (N-methyl/N-ethyl adjacent to an activating group) is 1. The molecule has 2 heterocycles. The number of imidazole rings is 1. The number of hydrogen-bond donors (Lipinski definition) is 2. The van der Waals surface area contributed by atoms with Crippen LogP contribution in [-0.4, -0.2) is 90.0 Å². The Morgan fingerprint density at radius 3 is 2.50 bits per heavy atom. The molecule has 0 amide bonds. The van der Waals surface area contributed by atoms with Gasteiger partial charge in [0.1, 0.15) is 5.82 Å². The van der Waals surface area contributed by atoms with Crippen molar-refractivity contribution in [2.24, 2.45) is 10.9 Å². The highest BCUT2D eigenvalue weighted by Crippen LogP contribution is 2.16. The van der Waals surface area contributed by atoms with Crippen molar-refractivity contribution in [3.63, 3.8) is 0 Å². The standard InChI is InChI=1S/C24H39N7.HI/c1-5-25-24(27-16-20(3)18-31-14-12-30(6-2)13-15-31)29(4)19-23-26-17-22(28-23)21-10-8-7-9-11-21;/h7-11,17,20H,5-6,12-16,18-19H2,1-4H3,(H,25,27)(H,26,28);1H. The number of rotatable bonds is 9. The van der Waals surface area contributed by atoms with E-state index in [9.17, 15) is 0 Å². The highest BCUT2D eigenvalue weighted by Gasteiger charge is 2.17. The van der Waals surface area contributed by atoms with Crippen LogP contribution in [0.5, 0.6) is 0 Å². The van der Waals surface area contributed by atoms with E-state index in [2.05, 4.69) is 69.9 Å². The maximum absolute atomic E-state index is 4.92. The molecule has 2 N–H and O–H groups in total. The molecule has 3 rings (SSSR count). The summed E-state index contributed by atoms with van der Waals surface area (Å²) in [5, 5.41) is 3.43. The summed E-state index contributed by atoms with van der Waals surface area (Å²) in [6, 6.07) is 10.3. The molecular formula is C24H40IN7. The number of hydrogen-bond acceptors (Lipinski definition) is 4. The molecule has 0 bridgehead atoms. The van der Waals surface area contributed by atoms with Crippen LogP contribution in [0.25, 0.3) is 11.3 Å². The number of nitrogens with one attached hydrogen (secondary N) is 2. The summed E-state index contributed by atoms with van der Waals surface area (Å²) < 4.78 is 0. The number of aromatic amines is 1. The van der Waals surface area contributed by atoms with Gasteiger partial charge in [0.05, 0.1) is 18.4 Å². The normalized spacial score (nSPS) is 16.4. The third kappa shape index (κ3) is 8.04. The van der Waals surface area contributed by atoms with Gasteiger partial charge in [0, 0.05) is 52.9 Å². The van der Waals surface area contributed by atoms with Gasteiger partial charge in [-0.25, -0.2) is 4.98 Å². The van der Waals surface area contributed by atoms with Crippen LogP contribution in [0.15, 0.2) is 41.5 Å². The van der Waals surface area contributed by atoms with Crippen LogP contribution >= 0.6 is 24.0 Å². The van der Waals surface area contributed by atoms with Gasteiger partial charge in [0.25, 0.3) is 0 Å². The average Bonchev–Trinajstić information content (AvgIpc) is 3.26. The highest BCUT2D eigenvalue weighted by atomic mass is 127. The number of guanidine groups is 1. The van der Waals surface area contributed by atoms with Crippen LogP contribution in [-0.2, 0) is 6.54 Å². The summed E-state index contributed by atoms with van der Waals surface area (Å²) in [5.41, 5.74) is 2.20. The lowest BCUT2D eigenvalue weighted by atomic mass is 10.1. The minimum Gasteiger partial charge on any atom is -0.357 e. The molecule has 0 spiro atoms. The smallest absolute Gasteiger partial charge is 0.194 e. The second-order valence-corrected chi connectivity index (χ2v) is 8.50. The van der Waals surface area contributed by atoms with E-state index in [1.54, 1.807) is 0 Å². The molecule has 1 unspecified atom stereocenters. The largest absolute Gasteiger partial charge is 0.357 e. The highest BCUT2D eigenvalue weighted by molar-refractivity contribution is 14.0. The van der Waals surface area contributed by atoms with Crippen LogP contribution in [0.1, 0.15) is 26.6 Å². The molecule has 0 aliphatic carbocycles. The van der Waals surface area contributed by atoms with Gasteiger partial charge in [-0.3, -0.25) is 4.99 Å². The number of halogens is 1. The average molecular weight is 554 g/mol. The van der Waals surface area contributed by atoms with Crippen LogP contribution in [0, 0.1) is 5.92 Å². The van der Waals surface area contributed by atoms with Crippen molar-refractivity contribution in [3.05, 3.63) is 42.4 Å². The third-order valence-corrected chi connectivity index (χ3v) is 5.83. The molecule has 1 saturated heterocycles. The molecular weight excluding hydrogens is 513 g/mol. The molecule has 8 heteroatoms. The monoisotopic (exact) mass is 553 g/mol. The van der Waals surface area contributed by atoms with Gasteiger partial charge in [-0.2, -0.15) is 0 Å². The zero-order valence-electron chi connectivity index (χ0n) is 20.0. The van der Waals surface area contributed by atoms with E-state index in [1.807, 2.05) is 24.4 Å². The number of nitrogens with zero attached hydrogens (tertiary/aromatic N) is 5. The molecule has 1 aromatic carbocycles. The number of aliphatic imine (C=N–C) groups is 1. The van der Waals surface area contributed by atoms with Gasteiger partial charge in [-0.1, -0.05) is 44.2 Å². The van der Waals surface area contributed by atoms with E-state index in [0.29, 0.717) is 12.5 Å². The molecule has 0 radical (unpaired) electrons. The van der Waals surface area contributed by atoms with Crippen molar-refractivity contribution in [2.45, 2.75) is 27.3 Å². The lowest BCUT2D eigenvalue weighted by Crippen LogP contribution is -2.47. The van der Waals surface area contributed by atoms with Gasteiger partial charge in [-0.15, -0.1) is 24.0 Å². The third-order valence-electron chi connectivity index (χ3n) is 5.83. The number of piperazine rings is 1. The van der Waals surface area contributed by atoms with E-state index in [1.165, 1.54) is 26.2 Å². The van der Waals surface area contributed by atoms with E-state index in [0.717, 1.165) is 49.2 Å². The van der Waals surface area contributed by atoms with E-state index < -0.39 is 0 Å². The van der Waals surface area contributed by atoms with E-state index >= 15 is 0 Å². The van der Waals surface area contributed by atoms with Crippen molar-refractivity contribution < 1.29 is 0 Å². The first-order valence-corrected chi connectivity index (χ1v) is 11.6. The van der Waals surface area contributed by atoms with Gasteiger partial charge in [0.15, 0.2) is 5.96 Å². The lowest BCUT2D eigenvalue weighted by molar-refractivity contribution is 0.125. The maximum Gasteiger partial charge on any atom is 0.194 e. The summed E-state index contributed by atoms with van der Waals surface area (Å²) >= 11 is 0. The first-order chi connectivity index (χ1) is 15.1. The Bertz CT molecular complexity index is 800. The van der Waals surface area contributed by atoms with Crippen molar-refractivity contribution in [1.29, 1.82) is 0 Å². The van der Waals surface area contributed by atoms with Gasteiger partial charge in [0.2, 0.25) is 0 Å². The molecule has 2 aromatic rings. The van der Waals surface area contributed by atoms with Gasteiger partial charge in [-0.05, 0) is 24.9 Å². The summed E-state index contributed by atoms with van der Waals surface area (Å²) in [5.74, 6) is 2.40. The lowest BCUT2D eigenvalue weighted by Gasteiger charge is -2.35. The minimum absolute atomic E-state index is 0. The summed E-state index contributed by atoms with van der Waals surface area (Å²) in [6.07, 6.45) is 1.91. The van der Waals surface area contributed by atoms with Gasteiger partial charge < -0.3 is 25.0 Å². The van der Waals surface area contributed by atoms with Crippen molar-refractivity contribution in [2.75, 3.05) is 59.4 Å². The summed E-state index contributed by atoms with van der Waals surface area (Å²) in [6.45, 7) is 16.0. The van der Waals surface area contributed by atoms with Crippen molar-refractivity contribution in [1.82, 2.24) is 30.0 Å². The van der Waals surface area contributed by atoms with E-state index in [4.69, 9.17) is 4.99 Å². The fourth-order valence-electron chi connectivity index (χ4n) is 4.01. The molecule has 1 atom stereocenters. The Morgan fingerprint density at radius 2 is 1.84 bits per heavy atom. The molecule has 0 saturated carbocycles. The molecule has 178 valence electrons. The quantitative estimate of drug-likeness (QED) is 0.284. The Hall–Kier alpha value is -1.65. The first-order valence-electron chi connectivity index (χ1n) is 11.6. The summed E-state index contributed by atoms with van der Waals surface area (Å²) in [4.78, 5) is 20.2. The van der Waals surface area contributed by atoms with Crippen LogP contribution < -0.4 is 5.32 Å². The molecule has 7 nitrogen and oxygen atoms in total. The fraction of sp³-hybridized carbons (Fsp3) is 0.583. The Kier molecular flexibility index (Phi) is 11.5. The Labute approximate surface area is 210 Å². The second-order valence-electron chi connectivity index (χ2n) is 8.50. The fourth-order valence-corrected chi connectivity index (χ4v) is 4.01. The van der Waals surface area contributed by atoms with Crippen LogP contribution in [0.4, 0.5) is 0 Å². The predicted molar refractivity (Wildman–Crippen MR) is 145 cm³/mol. The molecule has 32 heavy (non-hydrogen) atoms. The van der Waals surface area contributed by atoms with Crippen molar-refractivity contribution in [3.8, 4) is 11.3 Å². The SMILES string of the molecule is CCNC(=NCC(C)CN1CCN(CC)CC1)N(C)Cc1ncc(-c2ccccc2)[nH]1.I. The molecule has 1 aliphatic rings. The Balaban J connectivity index is 0.00000363. The predicted octanol–water partition coefficient (Wildman–Crippen LogP) is 3.37. The molecule has 1 aromatic heterocycles. The minimum atomic E-state index is 0. The number of H-pyrrole nitrogens is 1. The topological polar surface area (TPSA) is 62.8 Å². The van der Waals surface area contributed by atoms with Crippen LogP contribution in [0.2, 0.25) is 0 Å². The van der Waals surface area contributed by atoms with Crippen LogP contribution in [0.3, 0.4) is 0 Å². The first kappa shape index (κ1) is 26.6. The molecule has 1 aliphatic heterocycles. The number of aromatic nitrogens is 2. The van der Waals surface area contributed by atoms with Crippen molar-refractivity contribution >= 4 is 29.9 Å². The summed E-state index contributed by atoms with van der Waals surface area (Å²) in [7, 11) is 2.07. The maximum atomic E-state index is 4.92. The Morgan fingerprint density at radius 1 is 1.16 bits per heavy atom. The number of benzene rings is 1. The second kappa shape index (κ2) is 13.8. The zero-order chi connectivity index (χ0) is 22.1. The zero-order valence-corrected chi connectivity index (χ0v) is 22.4. The molecule has 1 fully saturated rings.